The highest BCUT2D eigenvalue weighted by atomic mass is 16.2. The first-order chi connectivity index (χ1) is 11.4. The highest BCUT2D eigenvalue weighted by molar-refractivity contribution is 5.82. The lowest BCUT2D eigenvalue weighted by molar-refractivity contribution is -0.142. The number of hydrogen-bond donors (Lipinski definition) is 0. The molecule has 1 saturated heterocycles. The van der Waals surface area contributed by atoms with Crippen LogP contribution in [0.4, 0.5) is 0 Å². The summed E-state index contributed by atoms with van der Waals surface area (Å²) in [4.78, 5) is 28.9. The van der Waals surface area contributed by atoms with Crippen molar-refractivity contribution in [3.63, 3.8) is 0 Å². The first kappa shape index (κ1) is 18.5. The van der Waals surface area contributed by atoms with Gasteiger partial charge in [-0.2, -0.15) is 0 Å². The Morgan fingerprint density at radius 3 is 2.71 bits per heavy atom. The lowest BCUT2D eigenvalue weighted by atomic mass is 9.94. The van der Waals surface area contributed by atoms with E-state index >= 15 is 0 Å². The molecule has 1 aliphatic rings. The topological polar surface area (TPSA) is 40.6 Å². The van der Waals surface area contributed by atoms with E-state index in [1.165, 1.54) is 11.1 Å². The lowest BCUT2D eigenvalue weighted by Gasteiger charge is -2.35. The van der Waals surface area contributed by atoms with Crippen LogP contribution >= 0.6 is 0 Å². The van der Waals surface area contributed by atoms with Crippen molar-refractivity contribution in [1.82, 2.24) is 9.80 Å². The second-order valence-electron chi connectivity index (χ2n) is 7.05. The van der Waals surface area contributed by atoms with E-state index in [1.807, 2.05) is 42.8 Å². The summed E-state index contributed by atoms with van der Waals surface area (Å²) >= 11 is 0. The second-order valence-corrected chi connectivity index (χ2v) is 7.05. The van der Waals surface area contributed by atoms with E-state index in [0.29, 0.717) is 13.1 Å². The molecule has 2 rings (SSSR count). The quantitative estimate of drug-likeness (QED) is 0.831. The van der Waals surface area contributed by atoms with Crippen molar-refractivity contribution < 1.29 is 9.59 Å². The Kier molecular flexibility index (Phi) is 6.41. The van der Waals surface area contributed by atoms with Gasteiger partial charge in [0.1, 0.15) is 0 Å². The maximum atomic E-state index is 12.8. The van der Waals surface area contributed by atoms with Crippen LogP contribution in [-0.4, -0.2) is 41.8 Å². The molecule has 0 aromatic heterocycles. The minimum atomic E-state index is -0.0687. The third-order valence-electron chi connectivity index (χ3n) is 5.16. The maximum Gasteiger partial charge on any atom is 0.227 e. The summed E-state index contributed by atoms with van der Waals surface area (Å²) in [6, 6.07) is 8.16. The highest BCUT2D eigenvalue weighted by Crippen LogP contribution is 2.22. The van der Waals surface area contributed by atoms with Crippen molar-refractivity contribution in [3.8, 4) is 0 Å². The molecule has 1 aromatic carbocycles. The first-order valence-electron chi connectivity index (χ1n) is 9.02. The first-order valence-corrected chi connectivity index (χ1v) is 9.02. The van der Waals surface area contributed by atoms with E-state index in [0.717, 1.165) is 25.8 Å². The second kappa shape index (κ2) is 8.32. The van der Waals surface area contributed by atoms with Crippen LogP contribution in [0.5, 0.6) is 0 Å². The predicted molar refractivity (Wildman–Crippen MR) is 96.4 cm³/mol. The molecule has 1 heterocycles. The van der Waals surface area contributed by atoms with Crippen molar-refractivity contribution in [3.05, 3.63) is 35.4 Å². The van der Waals surface area contributed by atoms with E-state index in [9.17, 15) is 9.59 Å². The SMILES string of the molecule is CC[C@@H](C)C(=O)N1CCC[C@@H](C(=O)N(C)Cc2ccccc2C)C1. The van der Waals surface area contributed by atoms with Crippen LogP contribution in [0.2, 0.25) is 0 Å². The third kappa shape index (κ3) is 4.37. The van der Waals surface area contributed by atoms with Crippen LogP contribution < -0.4 is 0 Å². The molecule has 4 heteroatoms. The zero-order valence-electron chi connectivity index (χ0n) is 15.4. The van der Waals surface area contributed by atoms with Crippen LogP contribution in [0.3, 0.4) is 0 Å². The van der Waals surface area contributed by atoms with Crippen LogP contribution in [0.25, 0.3) is 0 Å². The van der Waals surface area contributed by atoms with Gasteiger partial charge in [0, 0.05) is 32.6 Å². The van der Waals surface area contributed by atoms with Gasteiger partial charge in [0.25, 0.3) is 0 Å². The fourth-order valence-corrected chi connectivity index (χ4v) is 3.30. The summed E-state index contributed by atoms with van der Waals surface area (Å²) in [6.07, 6.45) is 2.64. The molecule has 132 valence electrons. The molecule has 4 nitrogen and oxygen atoms in total. The van der Waals surface area contributed by atoms with Gasteiger partial charge in [-0.25, -0.2) is 0 Å². The zero-order valence-corrected chi connectivity index (χ0v) is 15.4. The molecule has 24 heavy (non-hydrogen) atoms. The number of piperidine rings is 1. The third-order valence-corrected chi connectivity index (χ3v) is 5.16. The Bertz CT molecular complexity index is 585. The van der Waals surface area contributed by atoms with E-state index in [4.69, 9.17) is 0 Å². The largest absolute Gasteiger partial charge is 0.342 e. The van der Waals surface area contributed by atoms with E-state index in [1.54, 1.807) is 0 Å². The molecule has 2 amide bonds. The molecule has 1 aromatic rings. The van der Waals surface area contributed by atoms with Crippen molar-refractivity contribution in [2.75, 3.05) is 20.1 Å². The molecule has 0 N–H and O–H groups in total. The molecule has 1 fully saturated rings. The fourth-order valence-electron chi connectivity index (χ4n) is 3.30. The molecule has 0 bridgehead atoms. The predicted octanol–water partition coefficient (Wildman–Crippen LogP) is 3.24. The molecule has 0 spiro atoms. The number of carbonyl (C=O) groups excluding carboxylic acids is 2. The number of carbonyl (C=O) groups is 2. The Morgan fingerprint density at radius 1 is 1.33 bits per heavy atom. The van der Waals surface area contributed by atoms with Crippen molar-refractivity contribution >= 4 is 11.8 Å². The number of rotatable bonds is 5. The average molecular weight is 330 g/mol. The monoisotopic (exact) mass is 330 g/mol. The molecular formula is C20H30N2O2. The van der Waals surface area contributed by atoms with Gasteiger partial charge < -0.3 is 9.80 Å². The lowest BCUT2D eigenvalue weighted by Crippen LogP contribution is -2.47. The summed E-state index contributed by atoms with van der Waals surface area (Å²) in [5.74, 6) is 0.320. The Labute approximate surface area is 145 Å². The number of aryl methyl sites for hydroxylation is 1. The maximum absolute atomic E-state index is 12.8. The van der Waals surface area contributed by atoms with E-state index in [2.05, 4.69) is 19.1 Å². The van der Waals surface area contributed by atoms with Gasteiger partial charge in [0.2, 0.25) is 11.8 Å². The Balaban J connectivity index is 1.98. The van der Waals surface area contributed by atoms with Crippen LogP contribution in [-0.2, 0) is 16.1 Å². The Morgan fingerprint density at radius 2 is 2.04 bits per heavy atom. The van der Waals surface area contributed by atoms with Crippen LogP contribution in [0, 0.1) is 18.8 Å². The minimum Gasteiger partial charge on any atom is -0.342 e. The summed E-state index contributed by atoms with van der Waals surface area (Å²) in [5, 5.41) is 0. The number of benzene rings is 1. The summed E-state index contributed by atoms with van der Waals surface area (Å²) in [7, 11) is 1.87. The van der Waals surface area contributed by atoms with Crippen molar-refractivity contribution in [2.24, 2.45) is 11.8 Å². The van der Waals surface area contributed by atoms with Crippen molar-refractivity contribution in [1.29, 1.82) is 0 Å². The molecule has 0 saturated carbocycles. The zero-order chi connectivity index (χ0) is 17.7. The van der Waals surface area contributed by atoms with Gasteiger partial charge in [-0.3, -0.25) is 9.59 Å². The van der Waals surface area contributed by atoms with Gasteiger partial charge in [-0.05, 0) is 37.3 Å². The van der Waals surface area contributed by atoms with Gasteiger partial charge in [-0.15, -0.1) is 0 Å². The van der Waals surface area contributed by atoms with E-state index in [-0.39, 0.29) is 23.7 Å². The molecular weight excluding hydrogens is 300 g/mol. The smallest absolute Gasteiger partial charge is 0.227 e. The summed E-state index contributed by atoms with van der Waals surface area (Å²) in [5.41, 5.74) is 2.38. The van der Waals surface area contributed by atoms with Crippen molar-refractivity contribution in [2.45, 2.75) is 46.6 Å². The summed E-state index contributed by atoms with van der Waals surface area (Å²) in [6.45, 7) is 8.06. The van der Waals surface area contributed by atoms with E-state index < -0.39 is 0 Å². The average Bonchev–Trinajstić information content (AvgIpc) is 2.61. The van der Waals surface area contributed by atoms with Crippen LogP contribution in [0.15, 0.2) is 24.3 Å². The van der Waals surface area contributed by atoms with Crippen LogP contribution in [0.1, 0.15) is 44.2 Å². The Hall–Kier alpha value is -1.84. The molecule has 1 aliphatic heterocycles. The highest BCUT2D eigenvalue weighted by Gasteiger charge is 2.31. The molecule has 2 atom stereocenters. The number of amides is 2. The van der Waals surface area contributed by atoms with Gasteiger partial charge in [0.15, 0.2) is 0 Å². The number of hydrogen-bond acceptors (Lipinski definition) is 2. The normalized spacial score (nSPS) is 19.0. The van der Waals surface area contributed by atoms with Gasteiger partial charge in [0.05, 0.1) is 5.92 Å². The molecule has 0 aliphatic carbocycles. The number of likely N-dealkylation sites (tertiary alicyclic amines) is 1. The standard InChI is InChI=1S/C20H30N2O2/c1-5-15(2)19(23)22-12-8-11-18(14-22)20(24)21(4)13-17-10-7-6-9-16(17)3/h6-7,9-10,15,18H,5,8,11-14H2,1-4H3/t15-,18-/m1/s1. The molecule has 0 radical (unpaired) electrons. The fraction of sp³-hybridized carbons (Fsp3) is 0.600. The number of nitrogens with zero attached hydrogens (tertiary/aromatic N) is 2. The molecule has 0 unspecified atom stereocenters. The minimum absolute atomic E-state index is 0.0450. The van der Waals surface area contributed by atoms with Gasteiger partial charge >= 0.3 is 0 Å². The van der Waals surface area contributed by atoms with Gasteiger partial charge in [-0.1, -0.05) is 38.1 Å². The summed E-state index contributed by atoms with van der Waals surface area (Å²) < 4.78 is 0.